The van der Waals surface area contributed by atoms with Crippen molar-refractivity contribution >= 4 is 5.91 Å². The van der Waals surface area contributed by atoms with Gasteiger partial charge >= 0.3 is 0 Å². The summed E-state index contributed by atoms with van der Waals surface area (Å²) in [6.07, 6.45) is 1.04. The smallest absolute Gasteiger partial charge is 0.255 e. The van der Waals surface area contributed by atoms with Crippen LogP contribution in [0.15, 0.2) is 6.07 Å². The van der Waals surface area contributed by atoms with Gasteiger partial charge in [0.25, 0.3) is 5.91 Å². The zero-order valence-electron chi connectivity index (χ0n) is 11.8. The number of nitrogens with zero attached hydrogens (tertiary/aromatic N) is 3. The summed E-state index contributed by atoms with van der Waals surface area (Å²) in [5.74, 6) is 0.132. The maximum Gasteiger partial charge on any atom is 0.255 e. The summed E-state index contributed by atoms with van der Waals surface area (Å²) in [6.45, 7) is 6.99. The summed E-state index contributed by atoms with van der Waals surface area (Å²) in [4.78, 5) is 14.4. The van der Waals surface area contributed by atoms with Crippen LogP contribution in [0, 0.1) is 12.8 Å². The summed E-state index contributed by atoms with van der Waals surface area (Å²) >= 11 is 0. The normalized spacial score (nSPS) is 23.5. The van der Waals surface area contributed by atoms with Crippen molar-refractivity contribution in [3.05, 3.63) is 23.0 Å². The molecule has 2 atom stereocenters. The third-order valence-corrected chi connectivity index (χ3v) is 3.71. The monoisotopic (exact) mass is 263 g/mol. The van der Waals surface area contributed by atoms with E-state index in [1.807, 2.05) is 31.7 Å². The molecule has 0 radical (unpaired) electrons. The van der Waals surface area contributed by atoms with E-state index in [-0.39, 0.29) is 17.9 Å². The first-order chi connectivity index (χ1) is 9.02. The van der Waals surface area contributed by atoms with Crippen molar-refractivity contribution in [1.29, 1.82) is 0 Å². The van der Waals surface area contributed by atoms with Crippen molar-refractivity contribution in [2.45, 2.75) is 39.7 Å². The highest BCUT2D eigenvalue weighted by Gasteiger charge is 2.28. The molecule has 1 fully saturated rings. The molecule has 1 aromatic rings. The molecule has 1 aromatic heterocycles. The zero-order chi connectivity index (χ0) is 14.0. The number of piperidine rings is 1. The average molecular weight is 263 g/mol. The van der Waals surface area contributed by atoms with Crippen LogP contribution in [-0.2, 0) is 6.42 Å². The summed E-state index contributed by atoms with van der Waals surface area (Å²) in [6, 6.07) is 1.81. The van der Waals surface area contributed by atoms with E-state index in [0.717, 1.165) is 11.4 Å². The van der Waals surface area contributed by atoms with Crippen molar-refractivity contribution in [2.75, 3.05) is 13.1 Å². The molecule has 5 heteroatoms. The number of aliphatic hydroxyl groups is 1. The molecule has 0 bridgehead atoms. The minimum atomic E-state index is -0.299. The number of aliphatic hydroxyl groups excluding tert-OH is 1. The molecule has 5 nitrogen and oxygen atoms in total. The molecule has 0 spiro atoms. The topological polar surface area (TPSA) is 66.3 Å². The fourth-order valence-corrected chi connectivity index (χ4v) is 2.45. The lowest BCUT2D eigenvalue weighted by Gasteiger charge is -2.34. The lowest BCUT2D eigenvalue weighted by Crippen LogP contribution is -2.45. The Morgan fingerprint density at radius 1 is 1.53 bits per heavy atom. The third kappa shape index (κ3) is 2.92. The summed E-state index contributed by atoms with van der Waals surface area (Å²) < 4.78 is 0. The van der Waals surface area contributed by atoms with Gasteiger partial charge in [-0.1, -0.05) is 13.8 Å². The number of aromatic nitrogens is 2. The number of carbonyl (C=O) groups is 1. The zero-order valence-corrected chi connectivity index (χ0v) is 11.8. The Balaban J connectivity index is 2.22. The molecule has 0 saturated carbocycles. The van der Waals surface area contributed by atoms with Crippen LogP contribution >= 0.6 is 0 Å². The van der Waals surface area contributed by atoms with E-state index in [9.17, 15) is 9.90 Å². The van der Waals surface area contributed by atoms with E-state index in [0.29, 0.717) is 31.5 Å². The van der Waals surface area contributed by atoms with E-state index in [2.05, 4.69) is 10.2 Å². The van der Waals surface area contributed by atoms with Gasteiger partial charge < -0.3 is 10.0 Å². The Morgan fingerprint density at radius 2 is 2.26 bits per heavy atom. The molecule has 1 aliphatic heterocycles. The molecule has 1 amide bonds. The van der Waals surface area contributed by atoms with Gasteiger partial charge in [0.1, 0.15) is 0 Å². The Kier molecular flexibility index (Phi) is 4.14. The number of likely N-dealkylation sites (tertiary alicyclic amines) is 1. The van der Waals surface area contributed by atoms with Gasteiger partial charge in [0.2, 0.25) is 0 Å². The van der Waals surface area contributed by atoms with Crippen LogP contribution in [0.3, 0.4) is 0 Å². The predicted molar refractivity (Wildman–Crippen MR) is 71.8 cm³/mol. The van der Waals surface area contributed by atoms with Crippen molar-refractivity contribution in [1.82, 2.24) is 15.1 Å². The molecule has 2 rings (SSSR count). The fourth-order valence-electron chi connectivity index (χ4n) is 2.45. The van der Waals surface area contributed by atoms with Crippen LogP contribution < -0.4 is 0 Å². The first-order valence-electron chi connectivity index (χ1n) is 6.83. The second-order valence-corrected chi connectivity index (χ2v) is 5.28. The quantitative estimate of drug-likeness (QED) is 0.870. The van der Waals surface area contributed by atoms with Crippen LogP contribution in [0.4, 0.5) is 0 Å². The number of hydrogen-bond acceptors (Lipinski definition) is 4. The van der Waals surface area contributed by atoms with Gasteiger partial charge in [0.05, 0.1) is 23.1 Å². The number of amides is 1. The molecule has 1 saturated heterocycles. The Hall–Kier alpha value is -1.49. The first kappa shape index (κ1) is 13.9. The van der Waals surface area contributed by atoms with Gasteiger partial charge in [-0.2, -0.15) is 10.2 Å². The van der Waals surface area contributed by atoms with E-state index >= 15 is 0 Å². The summed E-state index contributed by atoms with van der Waals surface area (Å²) in [5, 5.41) is 17.8. The second-order valence-electron chi connectivity index (χ2n) is 5.28. The molecule has 1 N–H and O–H groups in total. The molecule has 19 heavy (non-hydrogen) atoms. The Labute approximate surface area is 113 Å². The van der Waals surface area contributed by atoms with E-state index < -0.39 is 0 Å². The van der Waals surface area contributed by atoms with Gasteiger partial charge in [0, 0.05) is 13.1 Å². The van der Waals surface area contributed by atoms with Gasteiger partial charge in [-0.3, -0.25) is 4.79 Å². The van der Waals surface area contributed by atoms with Gasteiger partial charge in [0.15, 0.2) is 0 Å². The molecular formula is C14H21N3O2. The van der Waals surface area contributed by atoms with Gasteiger partial charge in [-0.05, 0) is 31.7 Å². The lowest BCUT2D eigenvalue weighted by molar-refractivity contribution is 0.0296. The maximum atomic E-state index is 12.6. The Bertz CT molecular complexity index is 476. The highest BCUT2D eigenvalue weighted by molar-refractivity contribution is 5.95. The van der Waals surface area contributed by atoms with Crippen LogP contribution in [0.5, 0.6) is 0 Å². The summed E-state index contributed by atoms with van der Waals surface area (Å²) in [5.41, 5.74) is 2.15. The average Bonchev–Trinajstić information content (AvgIpc) is 2.41. The highest BCUT2D eigenvalue weighted by atomic mass is 16.3. The third-order valence-electron chi connectivity index (χ3n) is 3.71. The molecule has 2 heterocycles. The Morgan fingerprint density at radius 3 is 2.89 bits per heavy atom. The molecule has 2 unspecified atom stereocenters. The van der Waals surface area contributed by atoms with Crippen molar-refractivity contribution in [3.8, 4) is 0 Å². The maximum absolute atomic E-state index is 12.6. The van der Waals surface area contributed by atoms with Gasteiger partial charge in [-0.15, -0.1) is 0 Å². The number of carbonyl (C=O) groups excluding carboxylic acids is 1. The molecule has 0 aliphatic carbocycles. The van der Waals surface area contributed by atoms with E-state index in [4.69, 9.17) is 0 Å². The first-order valence-corrected chi connectivity index (χ1v) is 6.83. The summed E-state index contributed by atoms with van der Waals surface area (Å²) in [7, 11) is 0. The molecule has 1 aliphatic rings. The minimum Gasteiger partial charge on any atom is -0.393 e. The van der Waals surface area contributed by atoms with E-state index in [1.165, 1.54) is 0 Å². The number of rotatable bonds is 2. The van der Waals surface area contributed by atoms with Crippen molar-refractivity contribution in [2.24, 2.45) is 5.92 Å². The van der Waals surface area contributed by atoms with Crippen LogP contribution in [0.25, 0.3) is 0 Å². The van der Waals surface area contributed by atoms with Crippen LogP contribution in [0.1, 0.15) is 42.0 Å². The van der Waals surface area contributed by atoms with E-state index in [1.54, 1.807) is 0 Å². The number of hydrogen-bond donors (Lipinski definition) is 1. The van der Waals surface area contributed by atoms with Crippen LogP contribution in [0.2, 0.25) is 0 Å². The standard InChI is InChI=1S/C14H21N3O2/c1-4-12-11(7-10(3)15-16-12)14(19)17-6-5-13(18)9(2)8-17/h7,9,13,18H,4-6,8H2,1-3H3. The largest absolute Gasteiger partial charge is 0.393 e. The molecular weight excluding hydrogens is 242 g/mol. The van der Waals surface area contributed by atoms with Crippen LogP contribution in [-0.4, -0.2) is 45.3 Å². The van der Waals surface area contributed by atoms with Crippen molar-refractivity contribution < 1.29 is 9.90 Å². The lowest BCUT2D eigenvalue weighted by atomic mass is 9.96. The number of aryl methyl sites for hydroxylation is 2. The second kappa shape index (κ2) is 5.65. The minimum absolute atomic E-state index is 0.00796. The van der Waals surface area contributed by atoms with Crippen molar-refractivity contribution in [3.63, 3.8) is 0 Å². The molecule has 104 valence electrons. The highest BCUT2D eigenvalue weighted by Crippen LogP contribution is 2.20. The van der Waals surface area contributed by atoms with Gasteiger partial charge in [-0.25, -0.2) is 0 Å². The predicted octanol–water partition coefficient (Wildman–Crippen LogP) is 1.19. The fraction of sp³-hybridized carbons (Fsp3) is 0.643. The SMILES string of the molecule is CCc1nnc(C)cc1C(=O)N1CCC(O)C(C)C1. The molecule has 0 aromatic carbocycles.